The molecule has 2 N–H and O–H groups in total. The quantitative estimate of drug-likeness (QED) is 0.756. The number of amides is 1. The van der Waals surface area contributed by atoms with Gasteiger partial charge < -0.3 is 14.8 Å². The van der Waals surface area contributed by atoms with Crippen LogP contribution in [0.1, 0.15) is 12.7 Å². The van der Waals surface area contributed by atoms with Crippen molar-refractivity contribution in [2.75, 3.05) is 18.1 Å². The molecule has 1 heterocycles. The molecule has 5 heteroatoms. The molecular weight excluding hydrogens is 226 g/mol. The lowest BCUT2D eigenvalue weighted by molar-refractivity contribution is -0.118. The highest BCUT2D eigenvalue weighted by Gasteiger charge is 2.05. The third-order valence-corrected chi connectivity index (χ3v) is 3.26. The first-order valence-corrected chi connectivity index (χ1v) is 6.35. The number of thioether (sulfide) groups is 1. The highest BCUT2D eigenvalue weighted by molar-refractivity contribution is 7.99. The van der Waals surface area contributed by atoms with Crippen molar-refractivity contribution < 1.29 is 14.3 Å². The normalized spacial score (nSPS) is 12.4. The van der Waals surface area contributed by atoms with Crippen LogP contribution in [0.15, 0.2) is 22.8 Å². The summed E-state index contributed by atoms with van der Waals surface area (Å²) in [5, 5.41) is 11.6. The molecule has 1 atom stereocenters. The van der Waals surface area contributed by atoms with Crippen LogP contribution in [-0.2, 0) is 11.3 Å². The number of aliphatic hydroxyl groups is 1. The van der Waals surface area contributed by atoms with E-state index in [4.69, 9.17) is 9.52 Å². The van der Waals surface area contributed by atoms with Crippen molar-refractivity contribution in [2.24, 2.45) is 5.92 Å². The number of aliphatic hydroxyl groups excluding tert-OH is 1. The molecule has 0 fully saturated rings. The number of hydrogen-bond acceptors (Lipinski definition) is 4. The predicted molar refractivity (Wildman–Crippen MR) is 64.1 cm³/mol. The summed E-state index contributed by atoms with van der Waals surface area (Å²) < 4.78 is 5.09. The summed E-state index contributed by atoms with van der Waals surface area (Å²) in [6.07, 6.45) is 1.58. The molecule has 1 rings (SSSR count). The fraction of sp³-hybridized carbons (Fsp3) is 0.545. The van der Waals surface area contributed by atoms with Crippen molar-refractivity contribution >= 4 is 17.7 Å². The summed E-state index contributed by atoms with van der Waals surface area (Å²) in [5.74, 6) is 2.20. The van der Waals surface area contributed by atoms with E-state index in [0.717, 1.165) is 11.5 Å². The molecule has 1 unspecified atom stereocenters. The average Bonchev–Trinajstić information content (AvgIpc) is 2.79. The lowest BCUT2D eigenvalue weighted by atomic mass is 10.2. The SMILES string of the molecule is CC(CO)CSCC(=O)NCc1ccco1. The summed E-state index contributed by atoms with van der Waals surface area (Å²) >= 11 is 1.53. The summed E-state index contributed by atoms with van der Waals surface area (Å²) in [5.41, 5.74) is 0. The first kappa shape index (κ1) is 13.1. The van der Waals surface area contributed by atoms with Crippen LogP contribution in [0, 0.1) is 5.92 Å². The zero-order valence-corrected chi connectivity index (χ0v) is 10.1. The Morgan fingerprint density at radius 3 is 3.12 bits per heavy atom. The van der Waals surface area contributed by atoms with Gasteiger partial charge in [-0.25, -0.2) is 0 Å². The molecule has 0 aliphatic heterocycles. The van der Waals surface area contributed by atoms with Crippen LogP contribution < -0.4 is 5.32 Å². The summed E-state index contributed by atoms with van der Waals surface area (Å²) in [4.78, 5) is 11.4. The van der Waals surface area contributed by atoms with Gasteiger partial charge in [-0.3, -0.25) is 4.79 Å². The Labute approximate surface area is 99.4 Å². The van der Waals surface area contributed by atoms with Crippen LogP contribution in [0.25, 0.3) is 0 Å². The second-order valence-electron chi connectivity index (χ2n) is 3.66. The molecular formula is C11H17NO3S. The molecule has 16 heavy (non-hydrogen) atoms. The number of rotatable bonds is 7. The molecule has 90 valence electrons. The predicted octanol–water partition coefficient (Wildman–Crippen LogP) is 1.26. The average molecular weight is 243 g/mol. The minimum absolute atomic E-state index is 0.00783. The van der Waals surface area contributed by atoms with Gasteiger partial charge in [0.2, 0.25) is 5.91 Å². The van der Waals surface area contributed by atoms with Crippen molar-refractivity contribution in [2.45, 2.75) is 13.5 Å². The highest BCUT2D eigenvalue weighted by atomic mass is 32.2. The van der Waals surface area contributed by atoms with Crippen LogP contribution >= 0.6 is 11.8 Å². The highest BCUT2D eigenvalue weighted by Crippen LogP contribution is 2.07. The second-order valence-corrected chi connectivity index (χ2v) is 4.69. The van der Waals surface area contributed by atoms with Crippen molar-refractivity contribution in [1.29, 1.82) is 0 Å². The Morgan fingerprint density at radius 2 is 2.50 bits per heavy atom. The monoisotopic (exact) mass is 243 g/mol. The standard InChI is InChI=1S/C11H17NO3S/c1-9(6-13)7-16-8-11(14)12-5-10-3-2-4-15-10/h2-4,9,13H,5-8H2,1H3,(H,12,14). The van der Waals surface area contributed by atoms with Crippen LogP contribution in [0.4, 0.5) is 0 Å². The van der Waals surface area contributed by atoms with E-state index < -0.39 is 0 Å². The molecule has 0 saturated heterocycles. The van der Waals surface area contributed by atoms with Crippen LogP contribution in [0.2, 0.25) is 0 Å². The van der Waals surface area contributed by atoms with E-state index >= 15 is 0 Å². The molecule has 0 aromatic carbocycles. The summed E-state index contributed by atoms with van der Waals surface area (Å²) in [7, 11) is 0. The van der Waals surface area contributed by atoms with Gasteiger partial charge in [-0.1, -0.05) is 6.92 Å². The lowest BCUT2D eigenvalue weighted by Gasteiger charge is -2.07. The molecule has 0 aliphatic rings. The molecule has 0 aliphatic carbocycles. The van der Waals surface area contributed by atoms with E-state index in [-0.39, 0.29) is 18.4 Å². The van der Waals surface area contributed by atoms with Gasteiger partial charge in [-0.05, 0) is 23.8 Å². The molecule has 0 bridgehead atoms. The zero-order chi connectivity index (χ0) is 11.8. The van der Waals surface area contributed by atoms with Gasteiger partial charge in [0.25, 0.3) is 0 Å². The molecule has 4 nitrogen and oxygen atoms in total. The van der Waals surface area contributed by atoms with Crippen LogP contribution in [-0.4, -0.2) is 29.1 Å². The molecule has 0 radical (unpaired) electrons. The number of carbonyl (C=O) groups is 1. The van der Waals surface area contributed by atoms with E-state index in [2.05, 4.69) is 5.32 Å². The molecule has 0 saturated carbocycles. The minimum atomic E-state index is -0.00783. The topological polar surface area (TPSA) is 62.5 Å². The number of hydrogen-bond donors (Lipinski definition) is 2. The number of nitrogens with one attached hydrogen (secondary N) is 1. The van der Waals surface area contributed by atoms with Gasteiger partial charge >= 0.3 is 0 Å². The fourth-order valence-electron chi connectivity index (χ4n) is 1.06. The first-order chi connectivity index (χ1) is 7.72. The second kappa shape index (κ2) is 7.35. The Bertz CT molecular complexity index is 300. The van der Waals surface area contributed by atoms with E-state index in [0.29, 0.717) is 12.3 Å². The van der Waals surface area contributed by atoms with Gasteiger partial charge in [-0.15, -0.1) is 0 Å². The third kappa shape index (κ3) is 5.23. The Kier molecular flexibility index (Phi) is 6.03. The maximum atomic E-state index is 11.4. The third-order valence-electron chi connectivity index (χ3n) is 1.99. The van der Waals surface area contributed by atoms with E-state index in [9.17, 15) is 4.79 Å². The maximum absolute atomic E-state index is 11.4. The summed E-state index contributed by atoms with van der Waals surface area (Å²) in [6, 6.07) is 3.61. The lowest BCUT2D eigenvalue weighted by Crippen LogP contribution is -2.24. The van der Waals surface area contributed by atoms with E-state index in [1.54, 1.807) is 12.3 Å². The number of carbonyl (C=O) groups excluding carboxylic acids is 1. The van der Waals surface area contributed by atoms with Crippen LogP contribution in [0.5, 0.6) is 0 Å². The Morgan fingerprint density at radius 1 is 1.69 bits per heavy atom. The van der Waals surface area contributed by atoms with Gasteiger partial charge in [0, 0.05) is 6.61 Å². The van der Waals surface area contributed by atoms with E-state index in [1.807, 2.05) is 13.0 Å². The zero-order valence-electron chi connectivity index (χ0n) is 9.31. The largest absolute Gasteiger partial charge is 0.467 e. The summed E-state index contributed by atoms with van der Waals surface area (Å²) in [6.45, 7) is 2.55. The fourth-order valence-corrected chi connectivity index (χ4v) is 1.97. The Hall–Kier alpha value is -0.940. The van der Waals surface area contributed by atoms with Gasteiger partial charge in [-0.2, -0.15) is 11.8 Å². The van der Waals surface area contributed by atoms with Gasteiger partial charge in [0.05, 0.1) is 18.6 Å². The molecule has 0 spiro atoms. The van der Waals surface area contributed by atoms with Crippen molar-refractivity contribution in [3.8, 4) is 0 Å². The smallest absolute Gasteiger partial charge is 0.230 e. The Balaban J connectivity index is 2.07. The maximum Gasteiger partial charge on any atom is 0.230 e. The van der Waals surface area contributed by atoms with E-state index in [1.165, 1.54) is 11.8 Å². The minimum Gasteiger partial charge on any atom is -0.467 e. The number of furan rings is 1. The molecule has 1 amide bonds. The molecule has 1 aromatic heterocycles. The molecule has 1 aromatic rings. The van der Waals surface area contributed by atoms with Gasteiger partial charge in [0.1, 0.15) is 5.76 Å². The van der Waals surface area contributed by atoms with Crippen LogP contribution in [0.3, 0.4) is 0 Å². The van der Waals surface area contributed by atoms with Crippen molar-refractivity contribution in [3.63, 3.8) is 0 Å². The van der Waals surface area contributed by atoms with Crippen molar-refractivity contribution in [3.05, 3.63) is 24.2 Å². The van der Waals surface area contributed by atoms with Crippen molar-refractivity contribution in [1.82, 2.24) is 5.32 Å². The first-order valence-electron chi connectivity index (χ1n) is 5.20. The van der Waals surface area contributed by atoms with Gasteiger partial charge in [0.15, 0.2) is 0 Å².